The average molecular weight is 323 g/mol. The second kappa shape index (κ2) is 5.42. The lowest BCUT2D eigenvalue weighted by molar-refractivity contribution is 0.664. The second-order valence-electron chi connectivity index (χ2n) is 4.50. The molecular weight excluding hydrogens is 312 g/mol. The third-order valence-electron chi connectivity index (χ3n) is 3.04. The smallest absolute Gasteiger partial charge is 0.269 e. The lowest BCUT2D eigenvalue weighted by Gasteiger charge is -2.04. The molecule has 1 atom stereocenters. The normalized spacial score (nSPS) is 12.7. The van der Waals surface area contributed by atoms with Crippen LogP contribution in [0.15, 0.2) is 40.5 Å². The largest absolute Gasteiger partial charge is 0.290 e. The van der Waals surface area contributed by atoms with Crippen molar-refractivity contribution in [2.75, 3.05) is 0 Å². The van der Waals surface area contributed by atoms with Crippen molar-refractivity contribution < 1.29 is 4.21 Å². The lowest BCUT2D eigenvalue weighted by Crippen LogP contribution is -2.17. The Labute approximate surface area is 127 Å². The molecule has 0 fully saturated rings. The van der Waals surface area contributed by atoms with E-state index in [4.69, 9.17) is 11.6 Å². The molecule has 0 aliphatic rings. The van der Waals surface area contributed by atoms with E-state index in [0.717, 1.165) is 5.56 Å². The van der Waals surface area contributed by atoms with E-state index in [1.807, 2.05) is 12.1 Å². The maximum Gasteiger partial charge on any atom is 0.290 e. The van der Waals surface area contributed by atoms with Gasteiger partial charge in [0.05, 0.1) is 22.2 Å². The molecule has 108 valence electrons. The number of H-pyrrole nitrogens is 1. The van der Waals surface area contributed by atoms with Crippen molar-refractivity contribution in [3.05, 3.63) is 57.2 Å². The average Bonchev–Trinajstić information content (AvgIpc) is 2.85. The zero-order chi connectivity index (χ0) is 15.0. The quantitative estimate of drug-likeness (QED) is 0.795. The highest BCUT2D eigenvalue weighted by Gasteiger charge is 2.15. The molecule has 1 unspecified atom stereocenters. The number of hydrogen-bond acceptors (Lipinski definition) is 4. The van der Waals surface area contributed by atoms with Crippen molar-refractivity contribution in [3.63, 3.8) is 0 Å². The number of nitrogens with zero attached hydrogens (tertiary/aromatic N) is 3. The van der Waals surface area contributed by atoms with Crippen molar-refractivity contribution in [2.24, 2.45) is 0 Å². The van der Waals surface area contributed by atoms with Gasteiger partial charge in [-0.25, -0.2) is 10.1 Å². The van der Waals surface area contributed by atoms with E-state index in [0.29, 0.717) is 16.2 Å². The molecule has 2 heterocycles. The van der Waals surface area contributed by atoms with E-state index in [-0.39, 0.29) is 16.5 Å². The van der Waals surface area contributed by atoms with Crippen LogP contribution in [0.4, 0.5) is 0 Å². The molecule has 1 N–H and O–H groups in total. The highest BCUT2D eigenvalue weighted by atomic mass is 35.5. The molecule has 2 aromatic heterocycles. The van der Waals surface area contributed by atoms with Crippen LogP contribution in [0.2, 0.25) is 5.02 Å². The maximum atomic E-state index is 12.5. The Hall–Kier alpha value is -1.99. The minimum absolute atomic E-state index is 0.264. The summed E-state index contributed by atoms with van der Waals surface area (Å²) in [5.74, 6) is 0.280. The molecule has 8 heteroatoms. The molecule has 3 aromatic rings. The first-order valence-corrected chi connectivity index (χ1v) is 7.81. The van der Waals surface area contributed by atoms with Gasteiger partial charge in [0.25, 0.3) is 5.56 Å². The van der Waals surface area contributed by atoms with Gasteiger partial charge in [-0.3, -0.25) is 13.4 Å². The standard InChI is InChI=1S/C13H11ClN4O2S/c1-8-11-12(19)16-17-13(18(11)7-15-8)21(20)6-9-2-4-10(14)5-3-9/h2-5,7H,6H2,1H3,(H,16,19). The van der Waals surface area contributed by atoms with Crippen molar-refractivity contribution in [3.8, 4) is 0 Å². The van der Waals surface area contributed by atoms with Gasteiger partial charge in [-0.15, -0.1) is 5.10 Å². The number of halogens is 1. The van der Waals surface area contributed by atoms with Gasteiger partial charge in [0.15, 0.2) is 0 Å². The molecule has 1 aromatic carbocycles. The van der Waals surface area contributed by atoms with Crippen LogP contribution in [-0.4, -0.2) is 23.8 Å². The molecule has 0 amide bonds. The summed E-state index contributed by atoms with van der Waals surface area (Å²) >= 11 is 5.82. The summed E-state index contributed by atoms with van der Waals surface area (Å²) in [6, 6.07) is 7.10. The topological polar surface area (TPSA) is 80.1 Å². The van der Waals surface area contributed by atoms with Crippen molar-refractivity contribution >= 4 is 27.9 Å². The zero-order valence-corrected chi connectivity index (χ0v) is 12.6. The van der Waals surface area contributed by atoms with E-state index in [1.165, 1.54) is 10.7 Å². The molecule has 21 heavy (non-hydrogen) atoms. The van der Waals surface area contributed by atoms with Gasteiger partial charge in [-0.1, -0.05) is 23.7 Å². The summed E-state index contributed by atoms with van der Waals surface area (Å²) in [5, 5.41) is 7.15. The van der Waals surface area contributed by atoms with E-state index in [9.17, 15) is 9.00 Å². The van der Waals surface area contributed by atoms with E-state index < -0.39 is 10.8 Å². The monoisotopic (exact) mass is 322 g/mol. The van der Waals surface area contributed by atoms with Crippen molar-refractivity contribution in [2.45, 2.75) is 17.8 Å². The van der Waals surface area contributed by atoms with Gasteiger partial charge in [-0.2, -0.15) is 0 Å². The summed E-state index contributed by atoms with van der Waals surface area (Å²) in [6.45, 7) is 1.72. The minimum atomic E-state index is -1.41. The van der Waals surface area contributed by atoms with Gasteiger partial charge in [0.2, 0.25) is 5.16 Å². The fraction of sp³-hybridized carbons (Fsp3) is 0.154. The van der Waals surface area contributed by atoms with E-state index in [2.05, 4.69) is 15.2 Å². The van der Waals surface area contributed by atoms with Crippen LogP contribution in [0.3, 0.4) is 0 Å². The molecule has 3 rings (SSSR count). The fourth-order valence-electron chi connectivity index (χ4n) is 2.02. The predicted octanol–water partition coefficient (Wildman–Crippen LogP) is 1.69. The molecule has 0 saturated carbocycles. The third kappa shape index (κ3) is 2.62. The molecule has 0 aliphatic heterocycles. The Bertz CT molecular complexity index is 885. The second-order valence-corrected chi connectivity index (χ2v) is 6.28. The van der Waals surface area contributed by atoms with Crippen molar-refractivity contribution in [1.29, 1.82) is 0 Å². The minimum Gasteiger partial charge on any atom is -0.269 e. The number of aryl methyl sites for hydroxylation is 1. The Balaban J connectivity index is 2.00. The number of hydrogen-bond donors (Lipinski definition) is 1. The highest BCUT2D eigenvalue weighted by Crippen LogP contribution is 2.14. The Morgan fingerprint density at radius 1 is 1.33 bits per heavy atom. The van der Waals surface area contributed by atoms with Crippen LogP contribution in [-0.2, 0) is 16.6 Å². The van der Waals surface area contributed by atoms with Gasteiger partial charge >= 0.3 is 0 Å². The van der Waals surface area contributed by atoms with Crippen LogP contribution in [0, 0.1) is 6.92 Å². The molecular formula is C13H11ClN4O2S. The Morgan fingerprint density at radius 2 is 2.05 bits per heavy atom. The zero-order valence-electron chi connectivity index (χ0n) is 11.0. The van der Waals surface area contributed by atoms with E-state index in [1.54, 1.807) is 19.1 Å². The van der Waals surface area contributed by atoms with Crippen LogP contribution in [0.5, 0.6) is 0 Å². The highest BCUT2D eigenvalue weighted by molar-refractivity contribution is 7.84. The predicted molar refractivity (Wildman–Crippen MR) is 79.9 cm³/mol. The summed E-state index contributed by atoms with van der Waals surface area (Å²) in [7, 11) is -1.41. The molecule has 0 bridgehead atoms. The summed E-state index contributed by atoms with van der Waals surface area (Å²) in [4.78, 5) is 15.8. The van der Waals surface area contributed by atoms with Crippen LogP contribution in [0.1, 0.15) is 11.3 Å². The molecule has 0 saturated heterocycles. The number of aromatic amines is 1. The summed E-state index contributed by atoms with van der Waals surface area (Å²) in [5.41, 5.74) is 1.46. The molecule has 0 spiro atoms. The summed E-state index contributed by atoms with van der Waals surface area (Å²) < 4.78 is 14.0. The van der Waals surface area contributed by atoms with Crippen LogP contribution < -0.4 is 5.56 Å². The third-order valence-corrected chi connectivity index (χ3v) is 4.58. The summed E-state index contributed by atoms with van der Waals surface area (Å²) in [6.07, 6.45) is 1.46. The molecule has 0 radical (unpaired) electrons. The number of imidazole rings is 1. The first-order chi connectivity index (χ1) is 10.1. The molecule has 0 aliphatic carbocycles. The number of fused-ring (bicyclic) bond motifs is 1. The van der Waals surface area contributed by atoms with Gasteiger partial charge in [0.1, 0.15) is 11.8 Å². The van der Waals surface area contributed by atoms with Gasteiger partial charge in [0, 0.05) is 5.02 Å². The number of rotatable bonds is 3. The van der Waals surface area contributed by atoms with E-state index >= 15 is 0 Å². The molecule has 6 nitrogen and oxygen atoms in total. The fourth-order valence-corrected chi connectivity index (χ4v) is 3.27. The Morgan fingerprint density at radius 3 is 2.76 bits per heavy atom. The number of nitrogens with one attached hydrogen (secondary N) is 1. The lowest BCUT2D eigenvalue weighted by atomic mass is 10.2. The number of benzene rings is 1. The first-order valence-electron chi connectivity index (χ1n) is 6.11. The maximum absolute atomic E-state index is 12.5. The van der Waals surface area contributed by atoms with Crippen molar-refractivity contribution in [1.82, 2.24) is 19.6 Å². The van der Waals surface area contributed by atoms with Crippen LogP contribution in [0.25, 0.3) is 5.52 Å². The van der Waals surface area contributed by atoms with Gasteiger partial charge in [-0.05, 0) is 24.6 Å². The Kier molecular flexibility index (Phi) is 3.60. The van der Waals surface area contributed by atoms with Crippen LogP contribution >= 0.6 is 11.6 Å². The number of aromatic nitrogens is 4. The first kappa shape index (κ1) is 14.0. The van der Waals surface area contributed by atoms with Gasteiger partial charge < -0.3 is 0 Å². The SMILES string of the molecule is Cc1ncn2c(S(=O)Cc3ccc(Cl)cc3)n[nH]c(=O)c12.